The van der Waals surface area contributed by atoms with E-state index < -0.39 is 44.1 Å². The summed E-state index contributed by atoms with van der Waals surface area (Å²) < 4.78 is 55.6. The second kappa shape index (κ2) is 8.82. The van der Waals surface area contributed by atoms with Gasteiger partial charge in [0, 0.05) is 23.3 Å². The van der Waals surface area contributed by atoms with Gasteiger partial charge in [0.25, 0.3) is 5.91 Å². The summed E-state index contributed by atoms with van der Waals surface area (Å²) in [5.41, 5.74) is -0.748. The number of nitrogens with zero attached hydrogens (tertiary/aromatic N) is 1. The Balaban J connectivity index is 1.95. The van der Waals surface area contributed by atoms with Crippen molar-refractivity contribution in [3.8, 4) is 0 Å². The Hall–Kier alpha value is -2.07. The Morgan fingerprint density at radius 3 is 2.55 bits per heavy atom. The van der Waals surface area contributed by atoms with Crippen LogP contribution in [0.1, 0.15) is 43.5 Å². The highest BCUT2D eigenvalue weighted by atomic mass is 35.5. The second-order valence-corrected chi connectivity index (χ2v) is 10.4. The van der Waals surface area contributed by atoms with Gasteiger partial charge >= 0.3 is 0 Å². The van der Waals surface area contributed by atoms with Gasteiger partial charge in [-0.3, -0.25) is 4.79 Å². The Morgan fingerprint density at radius 2 is 1.87 bits per heavy atom. The molecule has 3 rings (SSSR count). The zero-order chi connectivity index (χ0) is 23.0. The Bertz CT molecular complexity index is 1110. The van der Waals surface area contributed by atoms with Crippen molar-refractivity contribution in [1.29, 1.82) is 0 Å². The first-order valence-corrected chi connectivity index (χ1v) is 11.5. The number of hydrogen-bond acceptors (Lipinski definition) is 4. The molecule has 2 aromatic rings. The minimum Gasteiger partial charge on any atom is -0.392 e. The molecule has 1 unspecified atom stereocenters. The molecule has 6 nitrogen and oxygen atoms in total. The van der Waals surface area contributed by atoms with E-state index >= 15 is 0 Å². The highest BCUT2D eigenvalue weighted by Crippen LogP contribution is 2.33. The van der Waals surface area contributed by atoms with Crippen molar-refractivity contribution < 1.29 is 27.1 Å². The molecule has 2 aromatic carbocycles. The number of aliphatic hydroxyl groups is 1. The number of anilines is 1. The Labute approximate surface area is 184 Å². The van der Waals surface area contributed by atoms with Gasteiger partial charge in [0.05, 0.1) is 11.1 Å². The van der Waals surface area contributed by atoms with Crippen molar-refractivity contribution in [2.24, 2.45) is 0 Å². The van der Waals surface area contributed by atoms with Crippen molar-refractivity contribution in [3.63, 3.8) is 0 Å². The predicted octanol–water partition coefficient (Wildman–Crippen LogP) is 4.18. The van der Waals surface area contributed by atoms with Crippen molar-refractivity contribution in [1.82, 2.24) is 4.31 Å². The van der Waals surface area contributed by atoms with Gasteiger partial charge in [-0.15, -0.1) is 0 Å². The monoisotopic (exact) mass is 472 g/mol. The quantitative estimate of drug-likeness (QED) is 0.698. The van der Waals surface area contributed by atoms with Crippen LogP contribution in [0.5, 0.6) is 0 Å². The third-order valence-electron chi connectivity index (χ3n) is 5.32. The van der Waals surface area contributed by atoms with Gasteiger partial charge in [0.15, 0.2) is 0 Å². The van der Waals surface area contributed by atoms with E-state index in [0.29, 0.717) is 19.3 Å². The molecule has 0 saturated carbocycles. The molecule has 1 fully saturated rings. The zero-order valence-electron chi connectivity index (χ0n) is 17.0. The number of carbonyl (C=O) groups excluding carboxylic acids is 1. The maximum atomic E-state index is 14.6. The summed E-state index contributed by atoms with van der Waals surface area (Å²) in [7, 11) is -4.35. The first-order chi connectivity index (χ1) is 14.4. The molecule has 168 valence electrons. The molecule has 1 aliphatic heterocycles. The van der Waals surface area contributed by atoms with Crippen LogP contribution >= 0.6 is 11.6 Å². The molecule has 0 bridgehead atoms. The number of aliphatic hydroxyl groups excluding tert-OH is 1. The van der Waals surface area contributed by atoms with Crippen molar-refractivity contribution in [3.05, 3.63) is 58.6 Å². The zero-order valence-corrected chi connectivity index (χ0v) is 18.6. The van der Waals surface area contributed by atoms with Crippen molar-refractivity contribution in [2.75, 3.05) is 11.9 Å². The number of sulfonamides is 1. The minimum atomic E-state index is -4.35. The van der Waals surface area contributed by atoms with Crippen LogP contribution in [0, 0.1) is 11.6 Å². The van der Waals surface area contributed by atoms with Crippen molar-refractivity contribution in [2.45, 2.75) is 49.6 Å². The highest BCUT2D eigenvalue weighted by molar-refractivity contribution is 7.89. The summed E-state index contributed by atoms with van der Waals surface area (Å²) in [6.07, 6.45) is 0.705. The number of rotatable bonds is 4. The smallest absolute Gasteiger partial charge is 0.255 e. The molecule has 0 spiro atoms. The molecule has 1 heterocycles. The molecular formula is C21H23ClF2N2O4S. The summed E-state index contributed by atoms with van der Waals surface area (Å²) >= 11 is 5.71. The molecule has 1 aliphatic rings. The topological polar surface area (TPSA) is 86.7 Å². The average Bonchev–Trinajstić information content (AvgIpc) is 2.82. The largest absolute Gasteiger partial charge is 0.392 e. The molecule has 1 amide bonds. The van der Waals surface area contributed by atoms with Crippen molar-refractivity contribution >= 4 is 33.2 Å². The van der Waals surface area contributed by atoms with Crippen LogP contribution in [0.4, 0.5) is 14.5 Å². The van der Waals surface area contributed by atoms with E-state index in [1.807, 2.05) is 0 Å². The third-order valence-corrected chi connectivity index (χ3v) is 7.70. The number of halogens is 3. The van der Waals surface area contributed by atoms with Gasteiger partial charge < -0.3 is 10.4 Å². The lowest BCUT2D eigenvalue weighted by molar-refractivity contribution is 0.102. The Morgan fingerprint density at radius 1 is 1.19 bits per heavy atom. The maximum Gasteiger partial charge on any atom is 0.255 e. The lowest BCUT2D eigenvalue weighted by atomic mass is 9.99. The molecule has 31 heavy (non-hydrogen) atoms. The second-order valence-electron chi connectivity index (χ2n) is 8.12. The first-order valence-electron chi connectivity index (χ1n) is 9.69. The number of β-amino-alcohol motifs (C(OH)–C–C–N with tert-alkyl or cyclic N) is 1. The van der Waals surface area contributed by atoms with Crippen LogP contribution in [-0.2, 0) is 10.0 Å². The molecule has 1 atom stereocenters. The van der Waals surface area contributed by atoms with E-state index in [9.17, 15) is 27.1 Å². The molecule has 2 N–H and O–H groups in total. The van der Waals surface area contributed by atoms with Gasteiger partial charge in [0.1, 0.15) is 16.5 Å². The fraction of sp³-hybridized carbons (Fsp3) is 0.381. The van der Waals surface area contributed by atoms with Crippen LogP contribution in [0.3, 0.4) is 0 Å². The van der Waals surface area contributed by atoms with Crippen LogP contribution in [0.2, 0.25) is 5.02 Å². The van der Waals surface area contributed by atoms with E-state index in [0.717, 1.165) is 28.6 Å². The van der Waals surface area contributed by atoms with E-state index in [1.54, 1.807) is 13.8 Å². The summed E-state index contributed by atoms with van der Waals surface area (Å²) in [4.78, 5) is 11.9. The first kappa shape index (κ1) is 23.6. The van der Waals surface area contributed by atoms with Crippen LogP contribution < -0.4 is 5.32 Å². The number of nitrogens with one attached hydrogen (secondary N) is 1. The summed E-state index contributed by atoms with van der Waals surface area (Å²) in [5, 5.41) is 12.4. The lowest BCUT2D eigenvalue weighted by Gasteiger charge is -2.36. The average molecular weight is 473 g/mol. The normalized spacial score (nSPS) is 19.6. The fourth-order valence-corrected chi connectivity index (χ4v) is 5.71. The van der Waals surface area contributed by atoms with Gasteiger partial charge in [-0.05, 0) is 69.5 Å². The van der Waals surface area contributed by atoms with E-state index in [1.165, 1.54) is 12.1 Å². The third kappa shape index (κ3) is 5.06. The lowest BCUT2D eigenvalue weighted by Crippen LogP contribution is -2.49. The van der Waals surface area contributed by atoms with Gasteiger partial charge in [-0.2, -0.15) is 4.31 Å². The van der Waals surface area contributed by atoms with Crippen LogP contribution in [-0.4, -0.2) is 41.9 Å². The summed E-state index contributed by atoms with van der Waals surface area (Å²) in [6.45, 7) is 3.27. The van der Waals surface area contributed by atoms with Gasteiger partial charge in [-0.25, -0.2) is 17.2 Å². The minimum absolute atomic E-state index is 0.103. The van der Waals surface area contributed by atoms with Crippen LogP contribution in [0.15, 0.2) is 41.3 Å². The number of carbonyl (C=O) groups is 1. The Kier molecular flexibility index (Phi) is 6.71. The van der Waals surface area contributed by atoms with E-state index in [4.69, 9.17) is 11.6 Å². The summed E-state index contributed by atoms with van der Waals surface area (Å²) in [6, 6.07) is 6.58. The van der Waals surface area contributed by atoms with E-state index in [2.05, 4.69) is 5.32 Å². The van der Waals surface area contributed by atoms with Gasteiger partial charge in [-0.1, -0.05) is 11.6 Å². The maximum absolute atomic E-state index is 14.6. The molecule has 0 aliphatic carbocycles. The van der Waals surface area contributed by atoms with Crippen LogP contribution in [0.25, 0.3) is 0 Å². The SMILES string of the molecule is CC1(C)CCCC(O)CN1S(=O)(=O)c1cc(C(=O)Nc2ccc(F)c(Cl)c2)ccc1F. The molecule has 0 radical (unpaired) electrons. The molecule has 10 heteroatoms. The molecule has 0 aromatic heterocycles. The summed E-state index contributed by atoms with van der Waals surface area (Å²) in [5.74, 6) is -2.37. The van der Waals surface area contributed by atoms with E-state index in [-0.39, 0.29) is 22.8 Å². The number of amides is 1. The standard InChI is InChI=1S/C21H23ClF2N2O4S/c1-21(2)9-3-4-15(27)12-26(21)31(29,30)19-10-13(5-7-18(19)24)20(28)25-14-6-8-17(23)16(22)11-14/h5-8,10-11,15,27H,3-4,9,12H2,1-2H3,(H,25,28). The number of benzene rings is 2. The molecule has 1 saturated heterocycles. The fourth-order valence-electron chi connectivity index (χ4n) is 3.59. The highest BCUT2D eigenvalue weighted by Gasteiger charge is 2.41. The van der Waals surface area contributed by atoms with Gasteiger partial charge in [0.2, 0.25) is 10.0 Å². The number of hydrogen-bond donors (Lipinski definition) is 2. The predicted molar refractivity (Wildman–Crippen MR) is 114 cm³/mol. The molecular weight excluding hydrogens is 450 g/mol.